The molecule has 1 heterocycles. The molecule has 10 aromatic carbocycles. The molecule has 0 fully saturated rings. The van der Waals surface area contributed by atoms with E-state index in [-0.39, 0.29) is 35.4 Å². The molecule has 56 heavy (non-hydrogen) atoms. The van der Waals surface area contributed by atoms with Crippen LogP contribution in [0.2, 0.25) is 0 Å². The molecule has 0 aliphatic carbocycles. The number of rotatable bonds is 6. The van der Waals surface area contributed by atoms with E-state index in [4.69, 9.17) is 4.42 Å². The molecule has 0 unspecified atom stereocenters. The predicted molar refractivity (Wildman–Crippen MR) is 237 cm³/mol. The van der Waals surface area contributed by atoms with Crippen LogP contribution in [-0.4, -0.2) is 0 Å². The van der Waals surface area contributed by atoms with E-state index in [0.29, 0.717) is 11.3 Å². The minimum absolute atomic E-state index is 0.100. The van der Waals surface area contributed by atoms with Gasteiger partial charge < -0.3 is 9.32 Å². The first kappa shape index (κ1) is 28.1. The molecule has 0 bridgehead atoms. The largest absolute Gasteiger partial charge is 0.455 e. The molecule has 0 saturated carbocycles. The Morgan fingerprint density at radius 3 is 1.86 bits per heavy atom. The Labute approximate surface area is 330 Å². The maximum Gasteiger partial charge on any atom is 0.143 e. The van der Waals surface area contributed by atoms with Gasteiger partial charge in [0.2, 0.25) is 0 Å². The molecule has 0 saturated heterocycles. The van der Waals surface area contributed by atoms with Crippen molar-refractivity contribution < 1.29 is 9.90 Å². The first-order chi connectivity index (χ1) is 29.4. The minimum atomic E-state index is -0.127. The second-order valence-corrected chi connectivity index (χ2v) is 14.2. The Kier molecular flexibility index (Phi) is 6.60. The topological polar surface area (TPSA) is 16.4 Å². The van der Waals surface area contributed by atoms with E-state index in [9.17, 15) is 5.48 Å². The third kappa shape index (κ3) is 5.42. The number of furan rings is 1. The van der Waals surface area contributed by atoms with Crippen LogP contribution in [0.4, 0.5) is 17.1 Å². The molecule has 1 aromatic heterocycles. The fraction of sp³-hybridized carbons (Fsp3) is 0. The lowest BCUT2D eigenvalue weighted by Crippen LogP contribution is -2.11. The van der Waals surface area contributed by atoms with Gasteiger partial charge in [0.15, 0.2) is 0 Å². The summed E-state index contributed by atoms with van der Waals surface area (Å²) in [7, 11) is 0. The van der Waals surface area contributed by atoms with Crippen LogP contribution < -0.4 is 4.90 Å². The maximum atomic E-state index is 9.64. The molecule has 11 rings (SSSR count). The lowest BCUT2D eigenvalue weighted by atomic mass is 9.96. The fourth-order valence-electron chi connectivity index (χ4n) is 8.15. The zero-order chi connectivity index (χ0) is 40.5. The monoisotopic (exact) mass is 717 g/mol. The lowest BCUT2D eigenvalue weighted by molar-refractivity contribution is 0.672. The van der Waals surface area contributed by atoms with Crippen LogP contribution in [-0.2, 0) is 0 Å². The van der Waals surface area contributed by atoms with Crippen LogP contribution in [0.15, 0.2) is 217 Å². The van der Waals surface area contributed by atoms with Crippen molar-refractivity contribution in [2.45, 2.75) is 0 Å². The highest BCUT2D eigenvalue weighted by atomic mass is 16.3. The van der Waals surface area contributed by atoms with Crippen LogP contribution in [0.25, 0.3) is 87.6 Å². The second-order valence-electron chi connectivity index (χ2n) is 14.2. The average molecular weight is 718 g/mol. The highest BCUT2D eigenvalue weighted by Gasteiger charge is 2.19. The number of hydrogen-bond donors (Lipinski definition) is 0. The summed E-state index contributed by atoms with van der Waals surface area (Å²) in [6.07, 6.45) is 0. The molecule has 0 aliphatic rings. The SMILES string of the molecule is [2H]c1c([2H])c(N(c2ccc(-c3cccc4ccccc34)cc2)c2ccccc2-c2ccc3c(ccc4c5ccccc5oc34)c2)c([2H])c([2H])c1-c1ccc2ccccc2c1. The van der Waals surface area contributed by atoms with Crippen LogP contribution in [0.1, 0.15) is 5.48 Å². The Morgan fingerprint density at radius 1 is 0.357 bits per heavy atom. The first-order valence-electron chi connectivity index (χ1n) is 20.8. The summed E-state index contributed by atoms with van der Waals surface area (Å²) in [5, 5.41) is 8.49. The lowest BCUT2D eigenvalue weighted by Gasteiger charge is -2.28. The number of nitrogens with zero attached hydrogens (tertiary/aromatic N) is 1. The Bertz CT molecular complexity index is 3460. The standard InChI is InChI=1S/C54H35NO/c1-2-12-40-34-41(21-20-36(40)10-1)37-22-28-44(29-23-37)55(45-30-24-39(25-31-45)47-17-9-13-38-11-3-4-14-46(38)47)52-18-7-5-15-48(52)42-26-32-49-43(35-42)27-33-51-50-16-6-8-19-53(50)56-54(49)51/h1-35H/i22D,23D,28D,29D. The van der Waals surface area contributed by atoms with E-state index in [1.54, 1.807) is 0 Å². The maximum absolute atomic E-state index is 9.64. The van der Waals surface area contributed by atoms with Crippen LogP contribution in [0, 0.1) is 0 Å². The van der Waals surface area contributed by atoms with Crippen LogP contribution in [0.5, 0.6) is 0 Å². The van der Waals surface area contributed by atoms with Gasteiger partial charge in [-0.2, -0.15) is 0 Å². The highest BCUT2D eigenvalue weighted by molar-refractivity contribution is 6.15. The quantitative estimate of drug-likeness (QED) is 0.170. The number of benzene rings is 10. The summed E-state index contributed by atoms with van der Waals surface area (Å²) in [5.41, 5.74) is 8.14. The van der Waals surface area contributed by atoms with Gasteiger partial charge in [-0.3, -0.25) is 0 Å². The molecule has 2 heteroatoms. The average Bonchev–Trinajstić information content (AvgIpc) is 3.69. The number of para-hydroxylation sites is 2. The fourth-order valence-corrected chi connectivity index (χ4v) is 8.15. The molecule has 11 aromatic rings. The zero-order valence-electron chi connectivity index (χ0n) is 34.3. The van der Waals surface area contributed by atoms with Crippen molar-refractivity contribution in [3.05, 3.63) is 212 Å². The van der Waals surface area contributed by atoms with Crippen LogP contribution in [0.3, 0.4) is 0 Å². The number of fused-ring (bicyclic) bond motifs is 7. The Balaban J connectivity index is 1.11. The molecule has 2 nitrogen and oxygen atoms in total. The van der Waals surface area contributed by atoms with Gasteiger partial charge in [-0.1, -0.05) is 152 Å². The molecular formula is C54H35NO. The van der Waals surface area contributed by atoms with Gasteiger partial charge in [0, 0.05) is 33.1 Å². The van der Waals surface area contributed by atoms with Gasteiger partial charge in [-0.15, -0.1) is 0 Å². The molecule has 0 radical (unpaired) electrons. The Hall–Kier alpha value is -7.42. The molecule has 0 aliphatic heterocycles. The van der Waals surface area contributed by atoms with E-state index in [1.807, 2.05) is 108 Å². The summed E-state index contributed by atoms with van der Waals surface area (Å²) < 4.78 is 44.6. The summed E-state index contributed by atoms with van der Waals surface area (Å²) in [4.78, 5) is 1.89. The van der Waals surface area contributed by atoms with E-state index in [2.05, 4.69) is 84.9 Å². The van der Waals surface area contributed by atoms with Crippen molar-refractivity contribution in [3.63, 3.8) is 0 Å². The molecular weight excluding hydrogens is 679 g/mol. The normalized spacial score (nSPS) is 12.6. The summed E-state index contributed by atoms with van der Waals surface area (Å²) >= 11 is 0. The van der Waals surface area contributed by atoms with Crippen molar-refractivity contribution in [1.29, 1.82) is 0 Å². The van der Waals surface area contributed by atoms with Crippen molar-refractivity contribution in [3.8, 4) is 33.4 Å². The van der Waals surface area contributed by atoms with Gasteiger partial charge in [0.25, 0.3) is 0 Å². The van der Waals surface area contributed by atoms with Crippen molar-refractivity contribution in [2.24, 2.45) is 0 Å². The smallest absolute Gasteiger partial charge is 0.143 e. The van der Waals surface area contributed by atoms with Crippen molar-refractivity contribution >= 4 is 71.3 Å². The third-order valence-electron chi connectivity index (χ3n) is 10.9. The van der Waals surface area contributed by atoms with E-state index >= 15 is 0 Å². The summed E-state index contributed by atoms with van der Waals surface area (Å²) in [5.74, 6) is 0. The first-order valence-corrected chi connectivity index (χ1v) is 18.8. The van der Waals surface area contributed by atoms with Gasteiger partial charge in [0.1, 0.15) is 11.2 Å². The van der Waals surface area contributed by atoms with E-state index < -0.39 is 0 Å². The van der Waals surface area contributed by atoms with Crippen LogP contribution >= 0.6 is 0 Å². The van der Waals surface area contributed by atoms with Gasteiger partial charge in [-0.25, -0.2) is 0 Å². The van der Waals surface area contributed by atoms with Gasteiger partial charge >= 0.3 is 0 Å². The number of hydrogen-bond acceptors (Lipinski definition) is 2. The third-order valence-corrected chi connectivity index (χ3v) is 10.9. The molecule has 0 amide bonds. The van der Waals surface area contributed by atoms with E-state index in [0.717, 1.165) is 82.2 Å². The molecule has 0 spiro atoms. The van der Waals surface area contributed by atoms with Crippen molar-refractivity contribution in [2.75, 3.05) is 4.90 Å². The molecule has 262 valence electrons. The zero-order valence-corrected chi connectivity index (χ0v) is 30.3. The summed E-state index contributed by atoms with van der Waals surface area (Å²) in [6.45, 7) is 0. The second kappa shape index (κ2) is 13.2. The molecule has 0 atom stereocenters. The Morgan fingerprint density at radius 2 is 0.982 bits per heavy atom. The van der Waals surface area contributed by atoms with Crippen molar-refractivity contribution in [1.82, 2.24) is 0 Å². The number of anilines is 3. The highest BCUT2D eigenvalue weighted by Crippen LogP contribution is 2.43. The van der Waals surface area contributed by atoms with E-state index in [1.165, 1.54) is 0 Å². The minimum Gasteiger partial charge on any atom is -0.455 e. The predicted octanol–water partition coefficient (Wildman–Crippen LogP) is 15.5. The van der Waals surface area contributed by atoms with Gasteiger partial charge in [-0.05, 0) is 115 Å². The molecule has 0 N–H and O–H groups in total. The van der Waals surface area contributed by atoms with Gasteiger partial charge in [0.05, 0.1) is 11.2 Å². The summed E-state index contributed by atoms with van der Waals surface area (Å²) in [6, 6.07) is 62.8.